The first-order valence-electron chi connectivity index (χ1n) is 6.59. The van der Waals surface area contributed by atoms with Gasteiger partial charge in [0.15, 0.2) is 0 Å². The zero-order valence-electron chi connectivity index (χ0n) is 12.0. The van der Waals surface area contributed by atoms with Gasteiger partial charge in [0.2, 0.25) is 5.91 Å². The van der Waals surface area contributed by atoms with Gasteiger partial charge in [-0.25, -0.2) is 0 Å². The van der Waals surface area contributed by atoms with Gasteiger partial charge in [-0.2, -0.15) is 0 Å². The largest absolute Gasteiger partial charge is 0.495 e. The molecule has 0 aliphatic carbocycles. The zero-order chi connectivity index (χ0) is 15.2. The number of benzene rings is 1. The van der Waals surface area contributed by atoms with Crippen molar-refractivity contribution in [1.29, 1.82) is 0 Å². The van der Waals surface area contributed by atoms with Crippen molar-refractivity contribution in [2.75, 3.05) is 7.11 Å². The van der Waals surface area contributed by atoms with Gasteiger partial charge in [0.25, 0.3) is 0 Å². The van der Waals surface area contributed by atoms with Gasteiger partial charge < -0.3 is 10.1 Å². The molecule has 0 atom stereocenters. The third kappa shape index (κ3) is 4.20. The lowest BCUT2D eigenvalue weighted by molar-refractivity contribution is -0.120. The summed E-state index contributed by atoms with van der Waals surface area (Å²) >= 11 is 6.09. The summed E-state index contributed by atoms with van der Waals surface area (Å²) in [6.07, 6.45) is 1.98. The van der Waals surface area contributed by atoms with E-state index in [1.807, 2.05) is 31.2 Å². The fourth-order valence-electron chi connectivity index (χ4n) is 1.97. The Morgan fingerprint density at radius 1 is 1.38 bits per heavy atom. The van der Waals surface area contributed by atoms with Crippen LogP contribution < -0.4 is 10.1 Å². The molecule has 0 bridgehead atoms. The monoisotopic (exact) mass is 304 g/mol. The molecule has 0 saturated heterocycles. The van der Waals surface area contributed by atoms with E-state index in [9.17, 15) is 4.79 Å². The van der Waals surface area contributed by atoms with Gasteiger partial charge in [-0.3, -0.25) is 9.78 Å². The van der Waals surface area contributed by atoms with Crippen LogP contribution in [0.1, 0.15) is 16.8 Å². The molecule has 4 nitrogen and oxygen atoms in total. The lowest BCUT2D eigenvalue weighted by Crippen LogP contribution is -2.25. The van der Waals surface area contributed by atoms with Crippen molar-refractivity contribution in [2.24, 2.45) is 0 Å². The first-order valence-corrected chi connectivity index (χ1v) is 6.97. The van der Waals surface area contributed by atoms with E-state index in [0.717, 1.165) is 16.8 Å². The molecule has 0 spiro atoms. The number of methoxy groups -OCH3 is 1. The third-order valence-corrected chi connectivity index (χ3v) is 3.45. The second kappa shape index (κ2) is 7.09. The van der Waals surface area contributed by atoms with Crippen LogP contribution in [0.4, 0.5) is 0 Å². The van der Waals surface area contributed by atoms with Gasteiger partial charge in [0.05, 0.1) is 30.8 Å². The Bertz CT molecular complexity index is 630. The van der Waals surface area contributed by atoms with Crippen molar-refractivity contribution in [1.82, 2.24) is 10.3 Å². The number of ether oxygens (including phenoxy) is 1. The fraction of sp³-hybridized carbons (Fsp3) is 0.250. The quantitative estimate of drug-likeness (QED) is 0.924. The summed E-state index contributed by atoms with van der Waals surface area (Å²) in [6, 6.07) is 9.21. The predicted molar refractivity (Wildman–Crippen MR) is 82.5 cm³/mol. The number of halogens is 1. The van der Waals surface area contributed by atoms with Crippen LogP contribution in [0.15, 0.2) is 36.5 Å². The van der Waals surface area contributed by atoms with E-state index < -0.39 is 0 Å². The zero-order valence-corrected chi connectivity index (χ0v) is 12.8. The Morgan fingerprint density at radius 3 is 2.86 bits per heavy atom. The number of rotatable bonds is 5. The van der Waals surface area contributed by atoms with Crippen molar-refractivity contribution in [3.05, 3.63) is 58.4 Å². The minimum atomic E-state index is -0.0648. The number of amides is 1. The standard InChI is InChI=1S/C16H17ClN2O2/c1-11-7-15(21-2)14(17)8-12(11)9-16(20)19-10-13-5-3-4-6-18-13/h3-8H,9-10H2,1-2H3,(H,19,20). The van der Waals surface area contributed by atoms with Crippen LogP contribution >= 0.6 is 11.6 Å². The maximum atomic E-state index is 12.0. The van der Waals surface area contributed by atoms with Crippen molar-refractivity contribution in [3.8, 4) is 5.75 Å². The lowest BCUT2D eigenvalue weighted by atomic mass is 10.0. The van der Waals surface area contributed by atoms with Crippen LogP contribution in [0.5, 0.6) is 5.75 Å². The highest BCUT2D eigenvalue weighted by Gasteiger charge is 2.10. The first-order chi connectivity index (χ1) is 10.1. The molecular formula is C16H17ClN2O2. The second-order valence-electron chi connectivity index (χ2n) is 4.69. The molecule has 1 N–H and O–H groups in total. The van der Waals surface area contributed by atoms with Gasteiger partial charge in [-0.15, -0.1) is 0 Å². The first kappa shape index (κ1) is 15.3. The van der Waals surface area contributed by atoms with Crippen LogP contribution in [-0.4, -0.2) is 18.0 Å². The van der Waals surface area contributed by atoms with Crippen LogP contribution in [0, 0.1) is 6.92 Å². The maximum Gasteiger partial charge on any atom is 0.224 e. The van der Waals surface area contributed by atoms with Crippen molar-refractivity contribution in [3.63, 3.8) is 0 Å². The summed E-state index contributed by atoms with van der Waals surface area (Å²) < 4.78 is 5.15. The average Bonchev–Trinajstić information content (AvgIpc) is 2.49. The molecule has 0 aliphatic heterocycles. The number of nitrogens with one attached hydrogen (secondary N) is 1. The highest BCUT2D eigenvalue weighted by molar-refractivity contribution is 6.32. The molecule has 0 unspecified atom stereocenters. The summed E-state index contributed by atoms with van der Waals surface area (Å²) in [5, 5.41) is 3.36. The fourth-order valence-corrected chi connectivity index (χ4v) is 2.23. The van der Waals surface area contributed by atoms with E-state index in [4.69, 9.17) is 16.3 Å². The van der Waals surface area contributed by atoms with Crippen molar-refractivity contribution < 1.29 is 9.53 Å². The summed E-state index contributed by atoms with van der Waals surface area (Å²) in [5.41, 5.74) is 2.69. The highest BCUT2D eigenvalue weighted by atomic mass is 35.5. The normalized spacial score (nSPS) is 10.2. The Labute approximate surface area is 129 Å². The smallest absolute Gasteiger partial charge is 0.224 e. The van der Waals surface area contributed by atoms with Gasteiger partial charge >= 0.3 is 0 Å². The number of nitrogens with zero attached hydrogens (tertiary/aromatic N) is 1. The molecular weight excluding hydrogens is 288 g/mol. The van der Waals surface area contributed by atoms with E-state index in [2.05, 4.69) is 10.3 Å². The summed E-state index contributed by atoms with van der Waals surface area (Å²) in [7, 11) is 1.57. The van der Waals surface area contributed by atoms with Gasteiger partial charge in [0, 0.05) is 6.20 Å². The number of aryl methyl sites for hydroxylation is 1. The topological polar surface area (TPSA) is 51.2 Å². The second-order valence-corrected chi connectivity index (χ2v) is 5.10. The molecule has 110 valence electrons. The van der Waals surface area contributed by atoms with E-state index in [1.54, 1.807) is 19.4 Å². The van der Waals surface area contributed by atoms with Crippen molar-refractivity contribution >= 4 is 17.5 Å². The number of carbonyl (C=O) groups is 1. The Morgan fingerprint density at radius 2 is 2.19 bits per heavy atom. The Hall–Kier alpha value is -2.07. The Kier molecular flexibility index (Phi) is 5.17. The molecule has 2 rings (SSSR count). The number of carbonyl (C=O) groups excluding carboxylic acids is 1. The molecule has 0 saturated carbocycles. The molecule has 0 aliphatic rings. The predicted octanol–water partition coefficient (Wildman–Crippen LogP) is 2.91. The molecule has 5 heteroatoms. The molecule has 1 heterocycles. The molecule has 2 aromatic rings. The van der Waals surface area contributed by atoms with E-state index in [1.165, 1.54) is 0 Å². The molecule has 1 amide bonds. The molecule has 0 radical (unpaired) electrons. The van der Waals surface area contributed by atoms with E-state index >= 15 is 0 Å². The molecule has 1 aromatic heterocycles. The van der Waals surface area contributed by atoms with E-state index in [-0.39, 0.29) is 12.3 Å². The van der Waals surface area contributed by atoms with E-state index in [0.29, 0.717) is 17.3 Å². The SMILES string of the molecule is COc1cc(C)c(CC(=O)NCc2ccccn2)cc1Cl. The maximum absolute atomic E-state index is 12.0. The van der Waals surface area contributed by atoms with Crippen LogP contribution in [0.2, 0.25) is 5.02 Å². The van der Waals surface area contributed by atoms with Gasteiger partial charge in [0.1, 0.15) is 5.75 Å². The Balaban J connectivity index is 1.98. The number of hydrogen-bond donors (Lipinski definition) is 1. The summed E-state index contributed by atoms with van der Waals surface area (Å²) in [6.45, 7) is 2.35. The minimum Gasteiger partial charge on any atom is -0.495 e. The highest BCUT2D eigenvalue weighted by Crippen LogP contribution is 2.28. The summed E-state index contributed by atoms with van der Waals surface area (Å²) in [5.74, 6) is 0.553. The average molecular weight is 305 g/mol. The number of pyridine rings is 1. The van der Waals surface area contributed by atoms with Crippen LogP contribution in [-0.2, 0) is 17.8 Å². The molecule has 21 heavy (non-hydrogen) atoms. The molecule has 1 aromatic carbocycles. The third-order valence-electron chi connectivity index (χ3n) is 3.15. The molecule has 0 fully saturated rings. The van der Waals surface area contributed by atoms with Crippen molar-refractivity contribution in [2.45, 2.75) is 19.9 Å². The van der Waals surface area contributed by atoms with Crippen LogP contribution in [0.25, 0.3) is 0 Å². The van der Waals surface area contributed by atoms with Crippen LogP contribution in [0.3, 0.4) is 0 Å². The lowest BCUT2D eigenvalue weighted by Gasteiger charge is -2.10. The summed E-state index contributed by atoms with van der Waals surface area (Å²) in [4.78, 5) is 16.2. The minimum absolute atomic E-state index is 0.0648. The number of hydrogen-bond acceptors (Lipinski definition) is 3. The van der Waals surface area contributed by atoms with Gasteiger partial charge in [-0.1, -0.05) is 17.7 Å². The number of aromatic nitrogens is 1. The van der Waals surface area contributed by atoms with Gasteiger partial charge in [-0.05, 0) is 42.3 Å².